The fraction of sp³-hybridized carbons (Fsp3) is 1.00. The van der Waals surface area contributed by atoms with Crippen LogP contribution in [0.25, 0.3) is 0 Å². The number of thioether (sulfide) groups is 1. The van der Waals surface area contributed by atoms with Gasteiger partial charge >= 0.3 is 0 Å². The van der Waals surface area contributed by atoms with Crippen molar-refractivity contribution in [2.24, 2.45) is 5.73 Å². The topological polar surface area (TPSA) is 46.2 Å². The number of aliphatic hydroxyl groups is 1. The summed E-state index contributed by atoms with van der Waals surface area (Å²) in [5.41, 5.74) is 5.23. The van der Waals surface area contributed by atoms with Gasteiger partial charge in [-0.15, -0.1) is 0 Å². The minimum atomic E-state index is -0.194. The lowest BCUT2D eigenvalue weighted by Gasteiger charge is -2.05. The van der Waals surface area contributed by atoms with Gasteiger partial charge in [0.25, 0.3) is 0 Å². The Bertz CT molecular complexity index is 61.0. The van der Waals surface area contributed by atoms with Gasteiger partial charge in [0.1, 0.15) is 0 Å². The summed E-state index contributed by atoms with van der Waals surface area (Å²) >= 11 is 1.75. The van der Waals surface area contributed by atoms with E-state index in [-0.39, 0.29) is 6.10 Å². The zero-order valence-electron chi connectivity index (χ0n) is 5.84. The maximum absolute atomic E-state index is 9.08. The standard InChI is InChI=1S/C6H15NOS/c1-2-9-5-6(8)3-4-7/h6,8H,2-5,7H2,1H3/t6-/m0/s1. The van der Waals surface area contributed by atoms with E-state index in [1.807, 2.05) is 0 Å². The zero-order valence-corrected chi connectivity index (χ0v) is 6.66. The van der Waals surface area contributed by atoms with Gasteiger partial charge in [0.05, 0.1) is 6.10 Å². The molecule has 0 aliphatic carbocycles. The molecule has 56 valence electrons. The van der Waals surface area contributed by atoms with Crippen LogP contribution in [0.5, 0.6) is 0 Å². The third-order valence-electron chi connectivity index (χ3n) is 1.01. The van der Waals surface area contributed by atoms with Crippen LogP contribution in [-0.4, -0.2) is 29.3 Å². The highest BCUT2D eigenvalue weighted by molar-refractivity contribution is 7.99. The molecule has 1 atom stereocenters. The van der Waals surface area contributed by atoms with Crippen molar-refractivity contribution in [3.8, 4) is 0 Å². The number of hydrogen-bond donors (Lipinski definition) is 2. The van der Waals surface area contributed by atoms with Crippen molar-refractivity contribution in [2.75, 3.05) is 18.1 Å². The van der Waals surface area contributed by atoms with Crippen molar-refractivity contribution < 1.29 is 5.11 Å². The molecule has 0 fully saturated rings. The summed E-state index contributed by atoms with van der Waals surface area (Å²) < 4.78 is 0. The van der Waals surface area contributed by atoms with Crippen LogP contribution in [0.1, 0.15) is 13.3 Å². The van der Waals surface area contributed by atoms with Gasteiger partial charge in [-0.3, -0.25) is 0 Å². The molecule has 0 bridgehead atoms. The second-order valence-electron chi connectivity index (χ2n) is 1.89. The molecule has 0 unspecified atom stereocenters. The van der Waals surface area contributed by atoms with Crippen molar-refractivity contribution in [3.63, 3.8) is 0 Å². The molecular weight excluding hydrogens is 134 g/mol. The lowest BCUT2D eigenvalue weighted by molar-refractivity contribution is 0.192. The Morgan fingerprint density at radius 2 is 2.33 bits per heavy atom. The first-order chi connectivity index (χ1) is 4.31. The fourth-order valence-corrected chi connectivity index (χ4v) is 1.20. The van der Waals surface area contributed by atoms with Gasteiger partial charge in [0.2, 0.25) is 0 Å². The van der Waals surface area contributed by atoms with E-state index in [0.29, 0.717) is 6.54 Å². The van der Waals surface area contributed by atoms with E-state index < -0.39 is 0 Å². The highest BCUT2D eigenvalue weighted by Gasteiger charge is 1.99. The molecule has 0 saturated carbocycles. The second-order valence-corrected chi connectivity index (χ2v) is 3.21. The predicted molar refractivity (Wildman–Crippen MR) is 42.7 cm³/mol. The van der Waals surface area contributed by atoms with Crippen LogP contribution in [0.4, 0.5) is 0 Å². The average Bonchev–Trinajstić information content (AvgIpc) is 1.85. The van der Waals surface area contributed by atoms with Crippen molar-refractivity contribution in [3.05, 3.63) is 0 Å². The van der Waals surface area contributed by atoms with Crippen LogP contribution in [0.2, 0.25) is 0 Å². The summed E-state index contributed by atoms with van der Waals surface area (Å²) in [7, 11) is 0. The van der Waals surface area contributed by atoms with Gasteiger partial charge in [-0.05, 0) is 18.7 Å². The molecule has 3 N–H and O–H groups in total. The van der Waals surface area contributed by atoms with Gasteiger partial charge in [0.15, 0.2) is 0 Å². The van der Waals surface area contributed by atoms with E-state index in [9.17, 15) is 0 Å². The van der Waals surface area contributed by atoms with E-state index >= 15 is 0 Å². The van der Waals surface area contributed by atoms with Crippen LogP contribution >= 0.6 is 11.8 Å². The molecule has 0 saturated heterocycles. The minimum absolute atomic E-state index is 0.194. The van der Waals surface area contributed by atoms with Gasteiger partial charge in [0, 0.05) is 5.75 Å². The Kier molecular flexibility index (Phi) is 6.58. The van der Waals surface area contributed by atoms with E-state index in [2.05, 4.69) is 6.92 Å². The van der Waals surface area contributed by atoms with Crippen molar-refractivity contribution >= 4 is 11.8 Å². The molecule has 0 amide bonds. The van der Waals surface area contributed by atoms with Crippen LogP contribution < -0.4 is 5.73 Å². The summed E-state index contributed by atoms with van der Waals surface area (Å²) in [5, 5.41) is 9.08. The summed E-state index contributed by atoms with van der Waals surface area (Å²) in [6.45, 7) is 2.67. The molecule has 0 radical (unpaired) electrons. The first kappa shape index (κ1) is 9.27. The Morgan fingerprint density at radius 3 is 2.78 bits per heavy atom. The van der Waals surface area contributed by atoms with Crippen LogP contribution in [0.3, 0.4) is 0 Å². The van der Waals surface area contributed by atoms with E-state index in [0.717, 1.165) is 17.9 Å². The van der Waals surface area contributed by atoms with Crippen molar-refractivity contribution in [1.29, 1.82) is 0 Å². The minimum Gasteiger partial charge on any atom is -0.392 e. The average molecular weight is 149 g/mol. The third-order valence-corrected chi connectivity index (χ3v) is 2.04. The zero-order chi connectivity index (χ0) is 7.11. The molecule has 0 aromatic carbocycles. The summed E-state index contributed by atoms with van der Waals surface area (Å²) in [6.07, 6.45) is 0.535. The van der Waals surface area contributed by atoms with Crippen LogP contribution in [0.15, 0.2) is 0 Å². The van der Waals surface area contributed by atoms with Gasteiger partial charge in [-0.25, -0.2) is 0 Å². The van der Waals surface area contributed by atoms with E-state index in [1.165, 1.54) is 0 Å². The molecule has 0 aliphatic rings. The third kappa shape index (κ3) is 6.15. The SMILES string of the molecule is CCSC[C@@H](O)CCN. The van der Waals surface area contributed by atoms with E-state index in [4.69, 9.17) is 10.8 Å². The smallest absolute Gasteiger partial charge is 0.0642 e. The van der Waals surface area contributed by atoms with Crippen LogP contribution in [0, 0.1) is 0 Å². The Hall–Kier alpha value is 0.270. The second kappa shape index (κ2) is 6.39. The largest absolute Gasteiger partial charge is 0.392 e. The summed E-state index contributed by atoms with van der Waals surface area (Å²) in [5.74, 6) is 1.90. The van der Waals surface area contributed by atoms with Gasteiger partial charge in [-0.1, -0.05) is 6.92 Å². The van der Waals surface area contributed by atoms with Gasteiger partial charge in [-0.2, -0.15) is 11.8 Å². The van der Waals surface area contributed by atoms with Crippen LogP contribution in [-0.2, 0) is 0 Å². The molecule has 0 aromatic rings. The molecule has 0 rings (SSSR count). The Labute approximate surface area is 60.8 Å². The molecule has 9 heavy (non-hydrogen) atoms. The number of rotatable bonds is 5. The first-order valence-electron chi connectivity index (χ1n) is 3.27. The quantitative estimate of drug-likeness (QED) is 0.596. The molecule has 0 aliphatic heterocycles. The molecule has 2 nitrogen and oxygen atoms in total. The molecule has 0 heterocycles. The monoisotopic (exact) mass is 149 g/mol. The highest BCUT2D eigenvalue weighted by atomic mass is 32.2. The molecule has 0 aromatic heterocycles. The number of aliphatic hydroxyl groups excluding tert-OH is 1. The van der Waals surface area contributed by atoms with Crippen molar-refractivity contribution in [2.45, 2.75) is 19.4 Å². The molecule has 3 heteroatoms. The van der Waals surface area contributed by atoms with E-state index in [1.54, 1.807) is 11.8 Å². The maximum atomic E-state index is 9.08. The highest BCUT2D eigenvalue weighted by Crippen LogP contribution is 2.03. The number of hydrogen-bond acceptors (Lipinski definition) is 3. The Morgan fingerprint density at radius 1 is 1.67 bits per heavy atom. The fourth-order valence-electron chi connectivity index (χ4n) is 0.530. The lowest BCUT2D eigenvalue weighted by atomic mass is 10.3. The summed E-state index contributed by atoms with van der Waals surface area (Å²) in [4.78, 5) is 0. The predicted octanol–water partition coefficient (Wildman–Crippen LogP) is 0.449. The van der Waals surface area contributed by atoms with Gasteiger partial charge < -0.3 is 10.8 Å². The first-order valence-corrected chi connectivity index (χ1v) is 4.42. The lowest BCUT2D eigenvalue weighted by Crippen LogP contribution is -2.15. The molecule has 0 spiro atoms. The Balaban J connectivity index is 2.95. The molecular formula is C6H15NOS. The van der Waals surface area contributed by atoms with Crippen molar-refractivity contribution in [1.82, 2.24) is 0 Å². The normalized spacial score (nSPS) is 13.7. The number of nitrogens with two attached hydrogens (primary N) is 1. The maximum Gasteiger partial charge on any atom is 0.0642 e. The summed E-state index contributed by atoms with van der Waals surface area (Å²) in [6, 6.07) is 0.